The SMILES string of the molecule is CCCCC(CC)NC1CC(NC(=O)OC(C)(C)C)C1. The highest BCUT2D eigenvalue weighted by Gasteiger charge is 2.32. The second-order valence-corrected chi connectivity index (χ2v) is 6.93. The molecular formula is C16H32N2O2. The first-order chi connectivity index (χ1) is 9.34. The van der Waals surface area contributed by atoms with Gasteiger partial charge in [0.1, 0.15) is 5.60 Å². The topological polar surface area (TPSA) is 50.4 Å². The number of rotatable bonds is 7. The lowest BCUT2D eigenvalue weighted by Crippen LogP contribution is -2.55. The Balaban J connectivity index is 2.17. The quantitative estimate of drug-likeness (QED) is 0.751. The maximum atomic E-state index is 11.6. The van der Waals surface area contributed by atoms with E-state index in [1.54, 1.807) is 0 Å². The van der Waals surface area contributed by atoms with Gasteiger partial charge in [-0.15, -0.1) is 0 Å². The van der Waals surface area contributed by atoms with E-state index in [0.717, 1.165) is 12.8 Å². The molecule has 1 saturated carbocycles. The van der Waals surface area contributed by atoms with Crippen LogP contribution in [-0.4, -0.2) is 29.8 Å². The largest absolute Gasteiger partial charge is 0.444 e. The number of alkyl carbamates (subject to hydrolysis) is 1. The van der Waals surface area contributed by atoms with E-state index in [1.165, 1.54) is 25.7 Å². The average Bonchev–Trinajstić information content (AvgIpc) is 2.28. The molecule has 1 aliphatic rings. The molecule has 2 N–H and O–H groups in total. The van der Waals surface area contributed by atoms with Crippen LogP contribution in [0.2, 0.25) is 0 Å². The number of hydrogen-bond acceptors (Lipinski definition) is 3. The van der Waals surface area contributed by atoms with Crippen LogP contribution in [0, 0.1) is 0 Å². The lowest BCUT2D eigenvalue weighted by atomic mass is 9.86. The minimum Gasteiger partial charge on any atom is -0.444 e. The lowest BCUT2D eigenvalue weighted by molar-refractivity contribution is 0.0462. The predicted octanol–water partition coefficient (Wildman–Crippen LogP) is 3.60. The highest BCUT2D eigenvalue weighted by molar-refractivity contribution is 5.68. The van der Waals surface area contributed by atoms with E-state index in [-0.39, 0.29) is 12.1 Å². The van der Waals surface area contributed by atoms with E-state index in [9.17, 15) is 4.79 Å². The van der Waals surface area contributed by atoms with Crippen LogP contribution < -0.4 is 10.6 Å². The van der Waals surface area contributed by atoms with Crippen LogP contribution in [0.3, 0.4) is 0 Å². The average molecular weight is 284 g/mol. The van der Waals surface area contributed by atoms with Crippen molar-refractivity contribution in [1.29, 1.82) is 0 Å². The molecule has 1 aliphatic carbocycles. The van der Waals surface area contributed by atoms with Crippen LogP contribution >= 0.6 is 0 Å². The van der Waals surface area contributed by atoms with E-state index in [2.05, 4.69) is 24.5 Å². The van der Waals surface area contributed by atoms with Gasteiger partial charge in [0.2, 0.25) is 0 Å². The summed E-state index contributed by atoms with van der Waals surface area (Å²) >= 11 is 0. The zero-order valence-corrected chi connectivity index (χ0v) is 13.8. The Morgan fingerprint density at radius 1 is 1.25 bits per heavy atom. The van der Waals surface area contributed by atoms with Gasteiger partial charge in [0.15, 0.2) is 0 Å². The Morgan fingerprint density at radius 2 is 1.90 bits per heavy atom. The van der Waals surface area contributed by atoms with E-state index < -0.39 is 5.60 Å². The van der Waals surface area contributed by atoms with Gasteiger partial charge in [-0.2, -0.15) is 0 Å². The van der Waals surface area contributed by atoms with Crippen LogP contribution in [-0.2, 0) is 4.74 Å². The molecule has 20 heavy (non-hydrogen) atoms. The summed E-state index contributed by atoms with van der Waals surface area (Å²) in [7, 11) is 0. The summed E-state index contributed by atoms with van der Waals surface area (Å²) in [5.74, 6) is 0. The maximum Gasteiger partial charge on any atom is 0.407 e. The van der Waals surface area contributed by atoms with E-state index >= 15 is 0 Å². The molecule has 1 amide bonds. The van der Waals surface area contributed by atoms with E-state index in [0.29, 0.717) is 12.1 Å². The number of carbonyl (C=O) groups is 1. The first-order valence-electron chi connectivity index (χ1n) is 8.09. The molecule has 1 atom stereocenters. The van der Waals surface area contributed by atoms with Gasteiger partial charge >= 0.3 is 6.09 Å². The molecule has 1 fully saturated rings. The fourth-order valence-electron chi connectivity index (χ4n) is 2.54. The molecule has 0 aromatic carbocycles. The predicted molar refractivity (Wildman–Crippen MR) is 82.9 cm³/mol. The molecular weight excluding hydrogens is 252 g/mol. The standard InChI is InChI=1S/C16H32N2O2/c1-6-8-9-12(7-2)17-13-10-14(11-13)18-15(19)20-16(3,4)5/h12-14,17H,6-11H2,1-5H3,(H,18,19). The van der Waals surface area contributed by atoms with Crippen molar-refractivity contribution in [2.75, 3.05) is 0 Å². The summed E-state index contributed by atoms with van der Waals surface area (Å²) < 4.78 is 5.26. The molecule has 0 heterocycles. The minimum atomic E-state index is -0.418. The summed E-state index contributed by atoms with van der Waals surface area (Å²) in [5, 5.41) is 6.63. The van der Waals surface area contributed by atoms with Gasteiger partial charge in [-0.25, -0.2) is 4.79 Å². The molecule has 4 heteroatoms. The number of carbonyl (C=O) groups excluding carboxylic acids is 1. The first-order valence-corrected chi connectivity index (χ1v) is 8.09. The summed E-state index contributed by atoms with van der Waals surface area (Å²) in [6.07, 6.45) is 6.72. The third-order valence-corrected chi connectivity index (χ3v) is 3.73. The van der Waals surface area contributed by atoms with E-state index in [4.69, 9.17) is 4.74 Å². The molecule has 4 nitrogen and oxygen atoms in total. The van der Waals surface area contributed by atoms with Crippen molar-refractivity contribution in [2.45, 2.75) is 96.9 Å². The Hall–Kier alpha value is -0.770. The molecule has 0 radical (unpaired) electrons. The Bertz CT molecular complexity index is 293. The number of nitrogens with one attached hydrogen (secondary N) is 2. The van der Waals surface area contributed by atoms with Crippen LogP contribution in [0.1, 0.15) is 73.1 Å². The molecule has 1 rings (SSSR count). The van der Waals surface area contributed by atoms with Gasteiger partial charge in [0.05, 0.1) is 0 Å². The van der Waals surface area contributed by atoms with Crippen LogP contribution in [0.25, 0.3) is 0 Å². The van der Waals surface area contributed by atoms with Crippen molar-refractivity contribution in [3.8, 4) is 0 Å². The zero-order chi connectivity index (χ0) is 15.2. The minimum absolute atomic E-state index is 0.269. The fraction of sp³-hybridized carbons (Fsp3) is 0.938. The first kappa shape index (κ1) is 17.3. The van der Waals surface area contributed by atoms with Crippen LogP contribution in [0.4, 0.5) is 4.79 Å². The molecule has 1 unspecified atom stereocenters. The molecule has 0 bridgehead atoms. The monoisotopic (exact) mass is 284 g/mol. The van der Waals surface area contributed by atoms with Crippen molar-refractivity contribution in [1.82, 2.24) is 10.6 Å². The third kappa shape index (κ3) is 6.60. The highest BCUT2D eigenvalue weighted by atomic mass is 16.6. The maximum absolute atomic E-state index is 11.6. The van der Waals surface area contributed by atoms with Crippen molar-refractivity contribution < 1.29 is 9.53 Å². The molecule has 0 aromatic heterocycles. The van der Waals surface area contributed by atoms with Crippen LogP contribution in [0.5, 0.6) is 0 Å². The lowest BCUT2D eigenvalue weighted by Gasteiger charge is -2.39. The fourth-order valence-corrected chi connectivity index (χ4v) is 2.54. The van der Waals surface area contributed by atoms with Gasteiger partial charge in [-0.05, 0) is 46.5 Å². The van der Waals surface area contributed by atoms with Crippen molar-refractivity contribution in [3.63, 3.8) is 0 Å². The summed E-state index contributed by atoms with van der Waals surface area (Å²) in [6.45, 7) is 10.1. The van der Waals surface area contributed by atoms with E-state index in [1.807, 2.05) is 20.8 Å². The molecule has 0 saturated heterocycles. The summed E-state index contributed by atoms with van der Waals surface area (Å²) in [4.78, 5) is 11.6. The number of hydrogen-bond donors (Lipinski definition) is 2. The Kier molecular flexibility index (Phi) is 6.80. The zero-order valence-electron chi connectivity index (χ0n) is 13.8. The van der Waals surface area contributed by atoms with Crippen molar-refractivity contribution in [3.05, 3.63) is 0 Å². The summed E-state index contributed by atoms with van der Waals surface area (Å²) in [6, 6.07) is 1.45. The smallest absolute Gasteiger partial charge is 0.407 e. The highest BCUT2D eigenvalue weighted by Crippen LogP contribution is 2.22. The molecule has 0 aromatic rings. The third-order valence-electron chi connectivity index (χ3n) is 3.73. The second kappa shape index (κ2) is 7.87. The molecule has 118 valence electrons. The van der Waals surface area contributed by atoms with Gasteiger partial charge in [-0.3, -0.25) is 0 Å². The molecule has 0 spiro atoms. The number of ether oxygens (including phenoxy) is 1. The van der Waals surface area contributed by atoms with Gasteiger partial charge in [0.25, 0.3) is 0 Å². The van der Waals surface area contributed by atoms with Crippen molar-refractivity contribution in [2.24, 2.45) is 0 Å². The van der Waals surface area contributed by atoms with Gasteiger partial charge < -0.3 is 15.4 Å². The van der Waals surface area contributed by atoms with Crippen LogP contribution in [0.15, 0.2) is 0 Å². The number of amides is 1. The van der Waals surface area contributed by atoms with Crippen molar-refractivity contribution >= 4 is 6.09 Å². The Labute approximate surface area is 124 Å². The Morgan fingerprint density at radius 3 is 2.40 bits per heavy atom. The second-order valence-electron chi connectivity index (χ2n) is 6.93. The van der Waals surface area contributed by atoms with Gasteiger partial charge in [-0.1, -0.05) is 26.7 Å². The normalized spacial score (nSPS) is 23.9. The van der Waals surface area contributed by atoms with Gasteiger partial charge in [0, 0.05) is 18.1 Å². The summed E-state index contributed by atoms with van der Waals surface area (Å²) in [5.41, 5.74) is -0.418. The molecule has 0 aliphatic heterocycles. The number of unbranched alkanes of at least 4 members (excludes halogenated alkanes) is 1.